The lowest BCUT2D eigenvalue weighted by Crippen LogP contribution is -2.20. The molecule has 0 aromatic rings. The lowest BCUT2D eigenvalue weighted by Gasteiger charge is -2.32. The Morgan fingerprint density at radius 2 is 1.91 bits per heavy atom. The molecule has 2 rings (SSSR count). The van der Waals surface area contributed by atoms with Gasteiger partial charge in [-0.05, 0) is 44.4 Å². The van der Waals surface area contributed by atoms with Crippen molar-refractivity contribution in [1.29, 1.82) is 0 Å². The molecule has 0 aromatic heterocycles. The highest BCUT2D eigenvalue weighted by molar-refractivity contribution is 5.21. The summed E-state index contributed by atoms with van der Waals surface area (Å²) in [6.07, 6.45) is 13.5. The topological polar surface area (TPSA) is 0 Å². The lowest BCUT2D eigenvalue weighted by molar-refractivity contribution is 0.328. The van der Waals surface area contributed by atoms with E-state index in [1.807, 2.05) is 0 Å². The van der Waals surface area contributed by atoms with Crippen LogP contribution < -0.4 is 0 Å². The summed E-state index contributed by atoms with van der Waals surface area (Å²) in [5.41, 5.74) is 2.18. The second-order valence-electron chi connectivity index (χ2n) is 4.20. The number of hydrogen-bond acceptors (Lipinski definition) is 0. The second kappa shape index (κ2) is 2.66. The molecule has 61 valence electrons. The summed E-state index contributed by atoms with van der Waals surface area (Å²) in [5, 5.41) is 0. The maximum Gasteiger partial charge on any atom is -0.00784 e. The van der Waals surface area contributed by atoms with Crippen molar-refractivity contribution < 1.29 is 0 Å². The molecule has 0 amide bonds. The van der Waals surface area contributed by atoms with Crippen molar-refractivity contribution in [1.82, 2.24) is 0 Å². The summed E-state index contributed by atoms with van der Waals surface area (Å²) in [6.45, 7) is 2.25. The van der Waals surface area contributed by atoms with E-state index >= 15 is 0 Å². The van der Waals surface area contributed by atoms with Crippen LogP contribution in [0.3, 0.4) is 0 Å². The SMILES string of the molecule is CC1=CCCC2([CH]1)CCCC2. The first-order chi connectivity index (χ1) is 5.31. The van der Waals surface area contributed by atoms with Crippen molar-refractivity contribution in [3.05, 3.63) is 18.1 Å². The Hall–Kier alpha value is -0.260. The number of rotatable bonds is 0. The Balaban J connectivity index is 2.09. The summed E-state index contributed by atoms with van der Waals surface area (Å²) in [5.74, 6) is 0. The van der Waals surface area contributed by atoms with Crippen molar-refractivity contribution >= 4 is 0 Å². The molecule has 1 saturated carbocycles. The van der Waals surface area contributed by atoms with Gasteiger partial charge >= 0.3 is 0 Å². The van der Waals surface area contributed by atoms with Gasteiger partial charge in [-0.25, -0.2) is 0 Å². The van der Waals surface area contributed by atoms with Gasteiger partial charge in [-0.1, -0.05) is 24.5 Å². The fraction of sp³-hybridized carbons (Fsp3) is 0.727. The quantitative estimate of drug-likeness (QED) is 0.494. The molecule has 2 aliphatic carbocycles. The van der Waals surface area contributed by atoms with Crippen LogP contribution in [0.5, 0.6) is 0 Å². The van der Waals surface area contributed by atoms with Crippen LogP contribution in [0.4, 0.5) is 0 Å². The normalized spacial score (nSPS) is 29.0. The first kappa shape index (κ1) is 7.39. The first-order valence-electron chi connectivity index (χ1n) is 4.83. The van der Waals surface area contributed by atoms with Gasteiger partial charge in [0.2, 0.25) is 0 Å². The summed E-state index contributed by atoms with van der Waals surface area (Å²) in [7, 11) is 0. The van der Waals surface area contributed by atoms with Gasteiger partial charge in [-0.2, -0.15) is 0 Å². The molecule has 2 aliphatic rings. The Bertz CT molecular complexity index is 170. The van der Waals surface area contributed by atoms with Crippen molar-refractivity contribution in [2.45, 2.75) is 45.4 Å². The van der Waals surface area contributed by atoms with E-state index in [1.165, 1.54) is 44.1 Å². The standard InChI is InChI=1S/C11H17/c1-10-5-4-8-11(9-10)6-2-3-7-11/h5,9H,2-4,6-8H2,1H3. The molecule has 0 bridgehead atoms. The van der Waals surface area contributed by atoms with Crippen LogP contribution in [0.25, 0.3) is 0 Å². The second-order valence-corrected chi connectivity index (χ2v) is 4.20. The molecule has 0 aromatic carbocycles. The van der Waals surface area contributed by atoms with Crippen molar-refractivity contribution in [3.8, 4) is 0 Å². The van der Waals surface area contributed by atoms with Crippen LogP contribution in [0, 0.1) is 11.8 Å². The lowest BCUT2D eigenvalue weighted by atomic mass is 9.73. The van der Waals surface area contributed by atoms with Crippen LogP contribution in [-0.4, -0.2) is 0 Å². The zero-order valence-corrected chi connectivity index (χ0v) is 7.40. The van der Waals surface area contributed by atoms with Crippen molar-refractivity contribution in [3.63, 3.8) is 0 Å². The molecule has 1 radical (unpaired) electrons. The Morgan fingerprint density at radius 1 is 1.18 bits per heavy atom. The molecule has 1 fully saturated rings. The molecule has 11 heavy (non-hydrogen) atoms. The predicted octanol–water partition coefficient (Wildman–Crippen LogP) is 3.49. The van der Waals surface area contributed by atoms with E-state index in [1.54, 1.807) is 0 Å². The first-order valence-corrected chi connectivity index (χ1v) is 4.83. The van der Waals surface area contributed by atoms with E-state index in [0.717, 1.165) is 0 Å². The Labute approximate surface area is 69.7 Å². The highest BCUT2D eigenvalue weighted by atomic mass is 14.4. The zero-order valence-electron chi connectivity index (χ0n) is 7.40. The average Bonchev–Trinajstić information content (AvgIpc) is 2.37. The molecule has 0 unspecified atom stereocenters. The molecule has 0 atom stereocenters. The van der Waals surface area contributed by atoms with Gasteiger partial charge in [0.1, 0.15) is 0 Å². The Morgan fingerprint density at radius 3 is 2.55 bits per heavy atom. The number of hydrogen-bond donors (Lipinski definition) is 0. The van der Waals surface area contributed by atoms with Gasteiger partial charge < -0.3 is 0 Å². The molecule has 0 aliphatic heterocycles. The minimum atomic E-state index is 0.652. The van der Waals surface area contributed by atoms with E-state index in [-0.39, 0.29) is 0 Å². The van der Waals surface area contributed by atoms with Crippen LogP contribution in [0.1, 0.15) is 45.4 Å². The van der Waals surface area contributed by atoms with E-state index in [0.29, 0.717) is 5.41 Å². The summed E-state index contributed by atoms with van der Waals surface area (Å²) in [4.78, 5) is 0. The van der Waals surface area contributed by atoms with Crippen LogP contribution in [0.15, 0.2) is 11.6 Å². The predicted molar refractivity (Wildman–Crippen MR) is 48.2 cm³/mol. The van der Waals surface area contributed by atoms with Gasteiger partial charge in [-0.15, -0.1) is 0 Å². The van der Waals surface area contributed by atoms with Crippen LogP contribution >= 0.6 is 0 Å². The summed E-state index contributed by atoms with van der Waals surface area (Å²) in [6, 6.07) is 0. The van der Waals surface area contributed by atoms with Gasteiger partial charge in [0.05, 0.1) is 0 Å². The monoisotopic (exact) mass is 149 g/mol. The van der Waals surface area contributed by atoms with Crippen molar-refractivity contribution in [2.24, 2.45) is 5.41 Å². The number of allylic oxidation sites excluding steroid dienone is 2. The molecule has 0 heteroatoms. The molecular formula is C11H17. The molecule has 0 heterocycles. The third-order valence-electron chi connectivity index (χ3n) is 3.24. The fourth-order valence-electron chi connectivity index (χ4n) is 2.67. The van der Waals surface area contributed by atoms with E-state index < -0.39 is 0 Å². The van der Waals surface area contributed by atoms with Crippen LogP contribution in [0.2, 0.25) is 0 Å². The highest BCUT2D eigenvalue weighted by Crippen LogP contribution is 2.47. The molecule has 0 nitrogen and oxygen atoms in total. The smallest absolute Gasteiger partial charge is 0.00784 e. The van der Waals surface area contributed by atoms with Crippen molar-refractivity contribution in [2.75, 3.05) is 0 Å². The molecule has 0 N–H and O–H groups in total. The third kappa shape index (κ3) is 1.36. The van der Waals surface area contributed by atoms with E-state index in [4.69, 9.17) is 0 Å². The average molecular weight is 149 g/mol. The fourth-order valence-corrected chi connectivity index (χ4v) is 2.67. The summed E-state index contributed by atoms with van der Waals surface area (Å²) < 4.78 is 0. The van der Waals surface area contributed by atoms with Crippen LogP contribution in [-0.2, 0) is 0 Å². The van der Waals surface area contributed by atoms with Gasteiger partial charge in [0.15, 0.2) is 0 Å². The highest BCUT2D eigenvalue weighted by Gasteiger charge is 2.34. The van der Waals surface area contributed by atoms with E-state index in [2.05, 4.69) is 19.4 Å². The van der Waals surface area contributed by atoms with Gasteiger partial charge in [-0.3, -0.25) is 0 Å². The minimum Gasteiger partial charge on any atom is -0.0853 e. The molecule has 1 spiro atoms. The molecule has 0 saturated heterocycles. The minimum absolute atomic E-state index is 0.652. The zero-order chi connectivity index (χ0) is 7.73. The van der Waals surface area contributed by atoms with E-state index in [9.17, 15) is 0 Å². The maximum atomic E-state index is 2.53. The van der Waals surface area contributed by atoms with Gasteiger partial charge in [0, 0.05) is 0 Å². The third-order valence-corrected chi connectivity index (χ3v) is 3.24. The maximum absolute atomic E-state index is 2.53. The van der Waals surface area contributed by atoms with Gasteiger partial charge in [0.25, 0.3) is 0 Å². The molecular weight excluding hydrogens is 132 g/mol. The largest absolute Gasteiger partial charge is 0.0853 e. The Kier molecular flexibility index (Phi) is 1.78. The summed E-state index contributed by atoms with van der Waals surface area (Å²) >= 11 is 0.